The number of hydrogen-bond donors (Lipinski definition) is 0. The molecule has 0 fully saturated rings. The van der Waals surface area contributed by atoms with Crippen LogP contribution in [0, 0.1) is 12.8 Å². The SMILES string of the molecule is Cc1ccccc1-c1c(-c2ccccc2)ccc2c1C=C(C(C)C)[CH]2[Zr]([Cl])[Cl]. The van der Waals surface area contributed by atoms with E-state index < -0.39 is 19.4 Å². The van der Waals surface area contributed by atoms with Gasteiger partial charge < -0.3 is 0 Å². The summed E-state index contributed by atoms with van der Waals surface area (Å²) >= 11 is -2.52. The summed E-state index contributed by atoms with van der Waals surface area (Å²) < 4.78 is 0.244. The second-order valence-corrected chi connectivity index (χ2v) is 16.5. The molecule has 1 aliphatic carbocycles. The van der Waals surface area contributed by atoms with Gasteiger partial charge in [0.15, 0.2) is 0 Å². The van der Waals surface area contributed by atoms with Crippen molar-refractivity contribution in [3.63, 3.8) is 0 Å². The van der Waals surface area contributed by atoms with Crippen molar-refractivity contribution in [1.29, 1.82) is 0 Å². The molecule has 0 heterocycles. The van der Waals surface area contributed by atoms with Crippen LogP contribution in [0.1, 0.15) is 34.2 Å². The predicted octanol–water partition coefficient (Wildman–Crippen LogP) is 8.35. The summed E-state index contributed by atoms with van der Waals surface area (Å²) in [6.07, 6.45) is 2.38. The predicted molar refractivity (Wildman–Crippen MR) is 119 cm³/mol. The Morgan fingerprint density at radius 1 is 0.821 bits per heavy atom. The Kier molecular flexibility index (Phi) is 5.98. The van der Waals surface area contributed by atoms with Gasteiger partial charge in [-0.2, -0.15) is 0 Å². The number of hydrogen-bond acceptors (Lipinski definition) is 0. The van der Waals surface area contributed by atoms with Crippen molar-refractivity contribution in [2.75, 3.05) is 0 Å². The van der Waals surface area contributed by atoms with E-state index in [1.165, 1.54) is 44.5 Å². The second kappa shape index (κ2) is 8.31. The van der Waals surface area contributed by atoms with E-state index in [-0.39, 0.29) is 3.63 Å². The number of halogens is 2. The summed E-state index contributed by atoms with van der Waals surface area (Å²) in [6.45, 7) is 6.68. The van der Waals surface area contributed by atoms with E-state index in [0.717, 1.165) is 0 Å². The molecule has 28 heavy (non-hydrogen) atoms. The molecular formula is C25H23Cl2Zr. The number of benzene rings is 3. The zero-order valence-electron chi connectivity index (χ0n) is 16.3. The third kappa shape index (κ3) is 3.58. The van der Waals surface area contributed by atoms with Gasteiger partial charge >= 0.3 is 184 Å². The molecule has 0 saturated heterocycles. The van der Waals surface area contributed by atoms with Gasteiger partial charge in [-0.15, -0.1) is 0 Å². The molecular weight excluding hydrogens is 462 g/mol. The first-order valence-corrected chi connectivity index (χ1v) is 17.4. The first-order chi connectivity index (χ1) is 13.5. The Labute approximate surface area is 183 Å². The standard InChI is InChI=1S/C25H23.2ClH.Zr/c1-17(2)21-15-20-13-14-23(19-10-5-4-6-11-19)25(24(20)16-21)22-12-8-7-9-18(22)3;;;/h4-17H,1-3H3;2*1H;/q;;;+2/p-2. The van der Waals surface area contributed by atoms with E-state index >= 15 is 0 Å². The average molecular weight is 486 g/mol. The van der Waals surface area contributed by atoms with Gasteiger partial charge in [-0.05, 0) is 0 Å². The third-order valence-electron chi connectivity index (χ3n) is 5.62. The van der Waals surface area contributed by atoms with E-state index in [2.05, 4.69) is 93.6 Å². The van der Waals surface area contributed by atoms with E-state index in [1.54, 1.807) is 0 Å². The number of fused-ring (bicyclic) bond motifs is 1. The molecule has 3 heteroatoms. The van der Waals surface area contributed by atoms with Gasteiger partial charge in [0.25, 0.3) is 0 Å². The van der Waals surface area contributed by atoms with Crippen molar-refractivity contribution in [1.82, 2.24) is 0 Å². The molecule has 0 bridgehead atoms. The Morgan fingerprint density at radius 3 is 2.14 bits per heavy atom. The fourth-order valence-corrected chi connectivity index (χ4v) is 9.94. The van der Waals surface area contributed by atoms with Gasteiger partial charge in [0.1, 0.15) is 0 Å². The minimum atomic E-state index is -2.52. The average Bonchev–Trinajstić information content (AvgIpc) is 3.09. The monoisotopic (exact) mass is 483 g/mol. The van der Waals surface area contributed by atoms with Crippen molar-refractivity contribution in [2.24, 2.45) is 5.92 Å². The molecule has 0 aliphatic heterocycles. The van der Waals surface area contributed by atoms with Crippen LogP contribution in [0.25, 0.3) is 28.3 Å². The summed E-state index contributed by atoms with van der Waals surface area (Å²) in [7, 11) is 13.3. The molecule has 1 aliphatic rings. The summed E-state index contributed by atoms with van der Waals surface area (Å²) in [5.41, 5.74) is 10.4. The molecule has 0 aromatic heterocycles. The summed E-state index contributed by atoms with van der Waals surface area (Å²) in [5, 5.41) is 0. The maximum atomic E-state index is 6.66. The van der Waals surface area contributed by atoms with E-state index in [4.69, 9.17) is 17.0 Å². The Morgan fingerprint density at radius 2 is 1.50 bits per heavy atom. The van der Waals surface area contributed by atoms with Gasteiger partial charge in [0.05, 0.1) is 0 Å². The molecule has 3 aromatic carbocycles. The van der Waals surface area contributed by atoms with Crippen molar-refractivity contribution in [2.45, 2.75) is 24.4 Å². The molecule has 0 spiro atoms. The van der Waals surface area contributed by atoms with Gasteiger partial charge in [0, 0.05) is 0 Å². The molecule has 3 aromatic rings. The first kappa shape index (κ1) is 20.1. The van der Waals surface area contributed by atoms with Crippen LogP contribution in [-0.2, 0) is 19.4 Å². The molecule has 1 unspecified atom stereocenters. The Bertz CT molecular complexity index is 1040. The summed E-state index contributed by atoms with van der Waals surface area (Å²) in [5.74, 6) is 0.440. The van der Waals surface area contributed by atoms with Crippen LogP contribution in [0.5, 0.6) is 0 Å². The van der Waals surface area contributed by atoms with Crippen LogP contribution >= 0.6 is 17.0 Å². The van der Waals surface area contributed by atoms with Crippen LogP contribution in [0.2, 0.25) is 0 Å². The van der Waals surface area contributed by atoms with Crippen LogP contribution in [0.15, 0.2) is 72.3 Å². The molecule has 0 saturated carbocycles. The van der Waals surface area contributed by atoms with Gasteiger partial charge in [0.2, 0.25) is 0 Å². The zero-order valence-corrected chi connectivity index (χ0v) is 20.3. The number of rotatable bonds is 4. The van der Waals surface area contributed by atoms with Gasteiger partial charge in [-0.3, -0.25) is 0 Å². The van der Waals surface area contributed by atoms with Crippen molar-refractivity contribution < 1.29 is 19.4 Å². The second-order valence-electron chi connectivity index (χ2n) is 7.69. The first-order valence-electron chi connectivity index (χ1n) is 9.66. The van der Waals surface area contributed by atoms with Crippen LogP contribution < -0.4 is 0 Å². The van der Waals surface area contributed by atoms with Gasteiger partial charge in [-0.1, -0.05) is 0 Å². The molecule has 4 rings (SSSR count). The van der Waals surface area contributed by atoms with Crippen LogP contribution in [0.4, 0.5) is 0 Å². The number of allylic oxidation sites excluding steroid dienone is 1. The summed E-state index contributed by atoms with van der Waals surface area (Å²) in [6, 6.07) is 23.8. The molecule has 0 amide bonds. The maximum absolute atomic E-state index is 6.66. The normalized spacial score (nSPS) is 15.5. The Balaban J connectivity index is 2.06. The van der Waals surface area contributed by atoms with Crippen LogP contribution in [0.3, 0.4) is 0 Å². The molecule has 0 radical (unpaired) electrons. The molecule has 1 atom stereocenters. The third-order valence-corrected chi connectivity index (χ3v) is 10.9. The van der Waals surface area contributed by atoms with E-state index in [9.17, 15) is 0 Å². The van der Waals surface area contributed by atoms with Crippen molar-refractivity contribution in [3.05, 3.63) is 89.0 Å². The van der Waals surface area contributed by atoms with E-state index in [0.29, 0.717) is 5.92 Å². The van der Waals surface area contributed by atoms with Crippen LogP contribution in [-0.4, -0.2) is 0 Å². The fourth-order valence-electron chi connectivity index (χ4n) is 4.22. The molecule has 141 valence electrons. The van der Waals surface area contributed by atoms with Crippen molar-refractivity contribution in [3.8, 4) is 22.3 Å². The zero-order chi connectivity index (χ0) is 19.8. The number of aryl methyl sites for hydroxylation is 1. The molecule has 0 N–H and O–H groups in total. The fraction of sp³-hybridized carbons (Fsp3) is 0.200. The topological polar surface area (TPSA) is 0 Å². The minimum absolute atomic E-state index is 0.244. The Hall–Kier alpha value is -1.14. The van der Waals surface area contributed by atoms with Crippen molar-refractivity contribution >= 4 is 23.1 Å². The van der Waals surface area contributed by atoms with Gasteiger partial charge in [-0.25, -0.2) is 0 Å². The van der Waals surface area contributed by atoms with E-state index in [1.807, 2.05) is 0 Å². The molecule has 0 nitrogen and oxygen atoms in total. The summed E-state index contributed by atoms with van der Waals surface area (Å²) in [4.78, 5) is 0. The quantitative estimate of drug-likeness (QED) is 0.348.